The van der Waals surface area contributed by atoms with Crippen molar-refractivity contribution in [3.8, 4) is 5.75 Å². The molecule has 0 aliphatic carbocycles. The van der Waals surface area contributed by atoms with Crippen LogP contribution < -0.4 is 9.64 Å². The molecule has 1 amide bonds. The third kappa shape index (κ3) is 3.91. The number of benzene rings is 3. The van der Waals surface area contributed by atoms with Crippen LogP contribution in [-0.4, -0.2) is 28.6 Å². The van der Waals surface area contributed by atoms with E-state index < -0.39 is 0 Å². The second-order valence-corrected chi connectivity index (χ2v) is 8.01. The van der Waals surface area contributed by atoms with Crippen molar-refractivity contribution < 1.29 is 9.53 Å². The van der Waals surface area contributed by atoms with Gasteiger partial charge in [0, 0.05) is 24.6 Å². The number of fused-ring (bicyclic) bond motifs is 1. The molecule has 5 rings (SSSR count). The summed E-state index contributed by atoms with van der Waals surface area (Å²) in [6.07, 6.45) is 0.469. The van der Waals surface area contributed by atoms with Gasteiger partial charge in [0.1, 0.15) is 18.2 Å². The first-order valence-corrected chi connectivity index (χ1v) is 10.7. The second kappa shape index (κ2) is 8.26. The Labute approximate surface area is 181 Å². The van der Waals surface area contributed by atoms with Crippen LogP contribution >= 0.6 is 0 Å². The van der Waals surface area contributed by atoms with Crippen molar-refractivity contribution in [1.29, 1.82) is 0 Å². The van der Waals surface area contributed by atoms with Crippen LogP contribution in [0.1, 0.15) is 23.7 Å². The number of aromatic nitrogens is 2. The normalized spacial score (nSPS) is 16.2. The number of hydrogen-bond acceptors (Lipinski definition) is 3. The molecule has 0 spiro atoms. The van der Waals surface area contributed by atoms with Gasteiger partial charge in [0.25, 0.3) is 0 Å². The standard InChI is InChI=1S/C26H25N3O2/c1-19-11-13-22(14-12-19)31-16-15-28-24-10-6-5-9-23(24)27-26(28)20-17-25(30)29(18-20)21-7-3-2-4-8-21/h2-14,20H,15-18H2,1H3/t20-/m0/s1. The molecule has 1 saturated heterocycles. The summed E-state index contributed by atoms with van der Waals surface area (Å²) >= 11 is 0. The highest BCUT2D eigenvalue weighted by molar-refractivity contribution is 5.96. The molecule has 1 aromatic heterocycles. The average molecular weight is 412 g/mol. The van der Waals surface area contributed by atoms with Crippen LogP contribution in [0.15, 0.2) is 78.9 Å². The average Bonchev–Trinajstić information content (AvgIpc) is 3.36. The van der Waals surface area contributed by atoms with Gasteiger partial charge in [-0.25, -0.2) is 4.98 Å². The number of imidazole rings is 1. The Morgan fingerprint density at radius 1 is 0.968 bits per heavy atom. The van der Waals surface area contributed by atoms with Gasteiger partial charge in [-0.1, -0.05) is 48.0 Å². The molecule has 2 heterocycles. The van der Waals surface area contributed by atoms with Crippen LogP contribution in [0.2, 0.25) is 0 Å². The predicted octanol–water partition coefficient (Wildman–Crippen LogP) is 4.94. The Bertz CT molecular complexity index is 1200. The van der Waals surface area contributed by atoms with Gasteiger partial charge >= 0.3 is 0 Å². The van der Waals surface area contributed by atoms with E-state index in [2.05, 4.69) is 29.7 Å². The van der Waals surface area contributed by atoms with E-state index in [0.717, 1.165) is 28.3 Å². The summed E-state index contributed by atoms with van der Waals surface area (Å²) in [4.78, 5) is 19.6. The molecule has 5 heteroatoms. The zero-order valence-corrected chi connectivity index (χ0v) is 17.6. The maximum absolute atomic E-state index is 12.8. The minimum Gasteiger partial charge on any atom is -0.492 e. The van der Waals surface area contributed by atoms with E-state index in [4.69, 9.17) is 9.72 Å². The summed E-state index contributed by atoms with van der Waals surface area (Å²) in [6, 6.07) is 26.1. The Hall–Kier alpha value is -3.60. The summed E-state index contributed by atoms with van der Waals surface area (Å²) in [5, 5.41) is 0. The molecule has 1 aliphatic heterocycles. The van der Waals surface area contributed by atoms with Crippen molar-refractivity contribution in [2.75, 3.05) is 18.1 Å². The summed E-state index contributed by atoms with van der Waals surface area (Å²) in [7, 11) is 0. The highest BCUT2D eigenvalue weighted by Gasteiger charge is 2.34. The van der Waals surface area contributed by atoms with Crippen LogP contribution in [-0.2, 0) is 11.3 Å². The van der Waals surface area contributed by atoms with Crippen LogP contribution in [0.5, 0.6) is 5.75 Å². The van der Waals surface area contributed by atoms with Crippen LogP contribution in [0.3, 0.4) is 0 Å². The Kier molecular flexibility index (Phi) is 5.16. The summed E-state index contributed by atoms with van der Waals surface area (Å²) in [5.41, 5.74) is 4.19. The van der Waals surface area contributed by atoms with Gasteiger partial charge in [-0.2, -0.15) is 0 Å². The number of para-hydroxylation sites is 3. The number of hydrogen-bond donors (Lipinski definition) is 0. The van der Waals surface area contributed by atoms with E-state index in [1.54, 1.807) is 0 Å². The summed E-state index contributed by atoms with van der Waals surface area (Å²) < 4.78 is 8.20. The van der Waals surface area contributed by atoms with E-state index in [1.165, 1.54) is 5.56 Å². The van der Waals surface area contributed by atoms with E-state index in [0.29, 0.717) is 26.1 Å². The number of ether oxygens (including phenoxy) is 1. The number of amides is 1. The zero-order chi connectivity index (χ0) is 21.2. The summed E-state index contributed by atoms with van der Waals surface area (Å²) in [5.74, 6) is 2.02. The van der Waals surface area contributed by atoms with Gasteiger partial charge in [0.2, 0.25) is 5.91 Å². The minimum absolute atomic E-state index is 0.0551. The number of anilines is 1. The lowest BCUT2D eigenvalue weighted by atomic mass is 10.1. The highest BCUT2D eigenvalue weighted by atomic mass is 16.5. The molecule has 1 aliphatic rings. The Morgan fingerprint density at radius 2 is 1.71 bits per heavy atom. The molecule has 0 bridgehead atoms. The lowest BCUT2D eigenvalue weighted by Gasteiger charge is -2.17. The predicted molar refractivity (Wildman–Crippen MR) is 123 cm³/mol. The maximum Gasteiger partial charge on any atom is 0.227 e. The zero-order valence-electron chi connectivity index (χ0n) is 17.6. The summed E-state index contributed by atoms with van der Waals surface area (Å²) in [6.45, 7) is 3.93. The molecular weight excluding hydrogens is 386 g/mol. The largest absolute Gasteiger partial charge is 0.492 e. The number of carbonyl (C=O) groups is 1. The first-order valence-electron chi connectivity index (χ1n) is 10.7. The molecule has 3 aromatic carbocycles. The SMILES string of the molecule is Cc1ccc(OCCn2c([C@H]3CC(=O)N(c4ccccc4)C3)nc3ccccc32)cc1. The van der Waals surface area contributed by atoms with Gasteiger partial charge in [-0.05, 0) is 43.3 Å². The molecule has 0 unspecified atom stereocenters. The third-order valence-electron chi connectivity index (χ3n) is 5.85. The van der Waals surface area contributed by atoms with E-state index in [1.807, 2.05) is 65.6 Å². The van der Waals surface area contributed by atoms with Crippen molar-refractivity contribution in [2.45, 2.75) is 25.8 Å². The smallest absolute Gasteiger partial charge is 0.227 e. The molecule has 0 radical (unpaired) electrons. The van der Waals surface area contributed by atoms with E-state index >= 15 is 0 Å². The van der Waals surface area contributed by atoms with Crippen molar-refractivity contribution >= 4 is 22.6 Å². The van der Waals surface area contributed by atoms with Crippen molar-refractivity contribution in [3.63, 3.8) is 0 Å². The lowest BCUT2D eigenvalue weighted by molar-refractivity contribution is -0.117. The number of rotatable bonds is 6. The van der Waals surface area contributed by atoms with Gasteiger partial charge < -0.3 is 14.2 Å². The molecular formula is C26H25N3O2. The van der Waals surface area contributed by atoms with Crippen LogP contribution in [0, 0.1) is 6.92 Å². The second-order valence-electron chi connectivity index (χ2n) is 8.01. The van der Waals surface area contributed by atoms with E-state index in [-0.39, 0.29) is 11.8 Å². The van der Waals surface area contributed by atoms with Crippen LogP contribution in [0.25, 0.3) is 11.0 Å². The fourth-order valence-corrected chi connectivity index (χ4v) is 4.27. The fraction of sp³-hybridized carbons (Fsp3) is 0.231. The Morgan fingerprint density at radius 3 is 2.52 bits per heavy atom. The lowest BCUT2D eigenvalue weighted by Crippen LogP contribution is -2.24. The molecule has 1 atom stereocenters. The first-order chi connectivity index (χ1) is 15.2. The quantitative estimate of drug-likeness (QED) is 0.451. The molecule has 1 fully saturated rings. The van der Waals surface area contributed by atoms with Gasteiger partial charge in [0.15, 0.2) is 0 Å². The molecule has 31 heavy (non-hydrogen) atoms. The molecule has 156 valence electrons. The molecule has 0 N–H and O–H groups in total. The van der Waals surface area contributed by atoms with Gasteiger partial charge in [-0.3, -0.25) is 4.79 Å². The molecule has 4 aromatic rings. The molecule has 0 saturated carbocycles. The monoisotopic (exact) mass is 411 g/mol. The fourth-order valence-electron chi connectivity index (χ4n) is 4.27. The number of aryl methyl sites for hydroxylation is 1. The van der Waals surface area contributed by atoms with Crippen molar-refractivity contribution in [3.05, 3.63) is 90.3 Å². The third-order valence-corrected chi connectivity index (χ3v) is 5.85. The van der Waals surface area contributed by atoms with Crippen molar-refractivity contribution in [2.24, 2.45) is 0 Å². The van der Waals surface area contributed by atoms with Gasteiger partial charge in [-0.15, -0.1) is 0 Å². The van der Waals surface area contributed by atoms with Crippen LogP contribution in [0.4, 0.5) is 5.69 Å². The Balaban J connectivity index is 1.40. The highest BCUT2D eigenvalue weighted by Crippen LogP contribution is 2.33. The van der Waals surface area contributed by atoms with Gasteiger partial charge in [0.05, 0.1) is 17.6 Å². The first kappa shape index (κ1) is 19.4. The number of nitrogens with zero attached hydrogens (tertiary/aromatic N) is 3. The number of carbonyl (C=O) groups excluding carboxylic acids is 1. The topological polar surface area (TPSA) is 47.4 Å². The molecule has 5 nitrogen and oxygen atoms in total. The maximum atomic E-state index is 12.8. The minimum atomic E-state index is 0.0551. The van der Waals surface area contributed by atoms with Crippen molar-refractivity contribution in [1.82, 2.24) is 9.55 Å². The van der Waals surface area contributed by atoms with E-state index in [9.17, 15) is 4.79 Å².